The van der Waals surface area contributed by atoms with Gasteiger partial charge in [0.25, 0.3) is 0 Å². The Kier molecular flexibility index (Phi) is 12.2. The molecule has 26 heavy (non-hydrogen) atoms. The molecular weight excluding hydrogens is 364 g/mol. The molecule has 10 heteroatoms. The predicted molar refractivity (Wildman–Crippen MR) is 95.8 cm³/mol. The summed E-state index contributed by atoms with van der Waals surface area (Å²) in [6.07, 6.45) is 0.513. The molecule has 0 spiro atoms. The molecule has 0 bridgehead atoms. The van der Waals surface area contributed by atoms with Crippen LogP contribution in [0, 0.1) is 0 Å². The SMILES string of the molecule is CNC(=O)CCOCCOCCOCCN1C(=O)CC(SCCO)C1=O. The van der Waals surface area contributed by atoms with E-state index in [-0.39, 0.29) is 49.2 Å². The Hall–Kier alpha value is -1.20. The topological polar surface area (TPSA) is 114 Å². The van der Waals surface area contributed by atoms with Crippen LogP contribution in [0.3, 0.4) is 0 Å². The van der Waals surface area contributed by atoms with Crippen molar-refractivity contribution in [1.29, 1.82) is 0 Å². The van der Waals surface area contributed by atoms with E-state index in [1.807, 2.05) is 0 Å². The van der Waals surface area contributed by atoms with Crippen molar-refractivity contribution in [2.75, 3.05) is 65.6 Å². The Labute approximate surface area is 157 Å². The van der Waals surface area contributed by atoms with Crippen LogP contribution in [0.2, 0.25) is 0 Å². The predicted octanol–water partition coefficient (Wildman–Crippen LogP) is -0.975. The van der Waals surface area contributed by atoms with Crippen molar-refractivity contribution < 1.29 is 33.7 Å². The van der Waals surface area contributed by atoms with Crippen LogP contribution >= 0.6 is 11.8 Å². The molecule has 1 aliphatic heterocycles. The standard InChI is InChI=1S/C16H28N2O7S/c1-17-14(20)2-5-23-7-9-25-10-8-24-6-3-18-15(21)12-13(16(18)22)26-11-4-19/h13,19H,2-12H2,1H3,(H,17,20). The lowest BCUT2D eigenvalue weighted by atomic mass is 10.4. The fourth-order valence-electron chi connectivity index (χ4n) is 2.20. The van der Waals surface area contributed by atoms with Crippen molar-refractivity contribution in [3.05, 3.63) is 0 Å². The fourth-order valence-corrected chi connectivity index (χ4v) is 3.12. The molecule has 1 atom stereocenters. The van der Waals surface area contributed by atoms with E-state index in [1.54, 1.807) is 7.05 Å². The number of nitrogens with one attached hydrogen (secondary N) is 1. The molecule has 0 radical (unpaired) electrons. The van der Waals surface area contributed by atoms with E-state index < -0.39 is 0 Å². The Morgan fingerprint density at radius 1 is 1.15 bits per heavy atom. The Bertz CT molecular complexity index is 450. The summed E-state index contributed by atoms with van der Waals surface area (Å²) >= 11 is 1.30. The van der Waals surface area contributed by atoms with Crippen molar-refractivity contribution in [3.63, 3.8) is 0 Å². The van der Waals surface area contributed by atoms with Crippen molar-refractivity contribution in [2.45, 2.75) is 18.1 Å². The summed E-state index contributed by atoms with van der Waals surface area (Å²) in [5, 5.41) is 10.9. The third-order valence-electron chi connectivity index (χ3n) is 3.57. The number of ether oxygens (including phenoxy) is 3. The van der Waals surface area contributed by atoms with Gasteiger partial charge in [-0.25, -0.2) is 0 Å². The molecule has 0 aromatic carbocycles. The number of amides is 3. The highest BCUT2D eigenvalue weighted by atomic mass is 32.2. The molecule has 0 aromatic heterocycles. The van der Waals surface area contributed by atoms with Gasteiger partial charge in [-0.1, -0.05) is 0 Å². The number of imide groups is 1. The lowest BCUT2D eigenvalue weighted by Crippen LogP contribution is -2.34. The molecule has 2 N–H and O–H groups in total. The fraction of sp³-hybridized carbons (Fsp3) is 0.812. The zero-order chi connectivity index (χ0) is 19.2. The molecule has 1 rings (SSSR count). The first kappa shape index (κ1) is 22.8. The highest BCUT2D eigenvalue weighted by molar-refractivity contribution is 8.00. The van der Waals surface area contributed by atoms with E-state index in [2.05, 4.69) is 5.32 Å². The van der Waals surface area contributed by atoms with Gasteiger partial charge >= 0.3 is 0 Å². The number of aliphatic hydroxyl groups is 1. The number of aliphatic hydroxyl groups excluding tert-OH is 1. The van der Waals surface area contributed by atoms with E-state index in [9.17, 15) is 14.4 Å². The van der Waals surface area contributed by atoms with Crippen LogP contribution in [0.15, 0.2) is 0 Å². The van der Waals surface area contributed by atoms with Gasteiger partial charge in [-0.3, -0.25) is 19.3 Å². The van der Waals surface area contributed by atoms with Gasteiger partial charge in [-0.2, -0.15) is 0 Å². The number of hydrogen-bond acceptors (Lipinski definition) is 8. The summed E-state index contributed by atoms with van der Waals surface area (Å²) in [7, 11) is 1.58. The van der Waals surface area contributed by atoms with E-state index in [1.165, 1.54) is 16.7 Å². The normalized spacial score (nSPS) is 17.2. The minimum Gasteiger partial charge on any atom is -0.396 e. The van der Waals surface area contributed by atoms with Gasteiger partial charge in [-0.15, -0.1) is 11.8 Å². The van der Waals surface area contributed by atoms with Gasteiger partial charge in [0, 0.05) is 25.6 Å². The second kappa shape index (κ2) is 13.9. The molecule has 9 nitrogen and oxygen atoms in total. The lowest BCUT2D eigenvalue weighted by Gasteiger charge is -2.15. The van der Waals surface area contributed by atoms with Crippen molar-refractivity contribution in [3.8, 4) is 0 Å². The summed E-state index contributed by atoms with van der Waals surface area (Å²) in [6.45, 7) is 2.40. The van der Waals surface area contributed by atoms with Gasteiger partial charge in [0.05, 0.1) is 58.0 Å². The molecular formula is C16H28N2O7S. The number of carbonyl (C=O) groups excluding carboxylic acids is 3. The van der Waals surface area contributed by atoms with Gasteiger partial charge < -0.3 is 24.6 Å². The summed E-state index contributed by atoms with van der Waals surface area (Å²) in [5.41, 5.74) is 0. The number of thioether (sulfide) groups is 1. The average molecular weight is 392 g/mol. The Morgan fingerprint density at radius 3 is 2.38 bits per heavy atom. The van der Waals surface area contributed by atoms with Gasteiger partial charge in [0.15, 0.2) is 0 Å². The molecule has 1 heterocycles. The van der Waals surface area contributed by atoms with E-state index in [4.69, 9.17) is 19.3 Å². The summed E-state index contributed by atoms with van der Waals surface area (Å²) in [4.78, 5) is 36.0. The van der Waals surface area contributed by atoms with Crippen LogP contribution in [-0.4, -0.2) is 98.6 Å². The maximum Gasteiger partial charge on any atom is 0.242 e. The maximum atomic E-state index is 12.1. The van der Waals surface area contributed by atoms with E-state index >= 15 is 0 Å². The molecule has 0 aromatic rings. The Morgan fingerprint density at radius 2 is 1.77 bits per heavy atom. The number of hydrogen-bond donors (Lipinski definition) is 2. The third-order valence-corrected chi connectivity index (χ3v) is 4.76. The third kappa shape index (κ3) is 8.95. The highest BCUT2D eigenvalue weighted by Crippen LogP contribution is 2.24. The Balaban J connectivity index is 1.96. The van der Waals surface area contributed by atoms with E-state index in [0.29, 0.717) is 45.2 Å². The van der Waals surface area contributed by atoms with Crippen LogP contribution < -0.4 is 5.32 Å². The van der Waals surface area contributed by atoms with E-state index in [0.717, 1.165) is 0 Å². The zero-order valence-electron chi connectivity index (χ0n) is 15.1. The van der Waals surface area contributed by atoms with Crippen molar-refractivity contribution in [2.24, 2.45) is 0 Å². The maximum absolute atomic E-state index is 12.1. The van der Waals surface area contributed by atoms with Crippen LogP contribution in [0.25, 0.3) is 0 Å². The molecule has 3 amide bonds. The average Bonchev–Trinajstić information content (AvgIpc) is 2.91. The quantitative estimate of drug-likeness (QED) is 0.270. The molecule has 0 aliphatic carbocycles. The van der Waals surface area contributed by atoms with Crippen LogP contribution in [0.5, 0.6) is 0 Å². The van der Waals surface area contributed by atoms with Crippen molar-refractivity contribution >= 4 is 29.5 Å². The largest absolute Gasteiger partial charge is 0.396 e. The molecule has 1 unspecified atom stereocenters. The first-order valence-electron chi connectivity index (χ1n) is 8.60. The summed E-state index contributed by atoms with van der Waals surface area (Å²) in [6, 6.07) is 0. The smallest absolute Gasteiger partial charge is 0.242 e. The first-order chi connectivity index (χ1) is 12.6. The zero-order valence-corrected chi connectivity index (χ0v) is 15.9. The first-order valence-corrected chi connectivity index (χ1v) is 9.65. The molecule has 150 valence electrons. The van der Waals surface area contributed by atoms with Gasteiger partial charge in [-0.05, 0) is 0 Å². The highest BCUT2D eigenvalue weighted by Gasteiger charge is 2.38. The van der Waals surface area contributed by atoms with Gasteiger partial charge in [0.1, 0.15) is 0 Å². The second-order valence-corrected chi connectivity index (χ2v) is 6.74. The van der Waals surface area contributed by atoms with Crippen LogP contribution in [0.4, 0.5) is 0 Å². The van der Waals surface area contributed by atoms with Crippen molar-refractivity contribution in [1.82, 2.24) is 10.2 Å². The van der Waals surface area contributed by atoms with Gasteiger partial charge in [0.2, 0.25) is 17.7 Å². The van der Waals surface area contributed by atoms with Crippen LogP contribution in [0.1, 0.15) is 12.8 Å². The lowest BCUT2D eigenvalue weighted by molar-refractivity contribution is -0.139. The molecule has 1 aliphatic rings. The molecule has 1 saturated heterocycles. The number of likely N-dealkylation sites (tertiary alicyclic amines) is 1. The number of nitrogens with zero attached hydrogens (tertiary/aromatic N) is 1. The minimum absolute atomic E-state index is 0.00907. The molecule has 0 saturated carbocycles. The number of carbonyl (C=O) groups is 3. The second-order valence-electron chi connectivity index (χ2n) is 5.43. The monoisotopic (exact) mass is 392 g/mol. The van der Waals surface area contributed by atoms with Crippen LogP contribution in [-0.2, 0) is 28.6 Å². The summed E-state index contributed by atoms with van der Waals surface area (Å²) < 4.78 is 15.9. The molecule has 1 fully saturated rings. The minimum atomic E-state index is -0.388. The summed E-state index contributed by atoms with van der Waals surface area (Å²) in [5.74, 6) is -0.0186. The number of rotatable bonds is 15.